The summed E-state index contributed by atoms with van der Waals surface area (Å²) in [6.45, 7) is 22.9. The van der Waals surface area contributed by atoms with Crippen LogP contribution in [0.2, 0.25) is 5.02 Å². The second-order valence-corrected chi connectivity index (χ2v) is 13.7. The third kappa shape index (κ3) is 10.1. The average molecular weight is 617 g/mol. The van der Waals surface area contributed by atoms with Crippen LogP contribution in [0.15, 0.2) is 86.9 Å². The number of hydrogen-bond acceptors (Lipinski definition) is 3. The van der Waals surface area contributed by atoms with Gasteiger partial charge in [0, 0.05) is 52.0 Å². The molecule has 1 aliphatic carbocycles. The zero-order valence-corrected chi connectivity index (χ0v) is 28.5. The van der Waals surface area contributed by atoms with E-state index in [1.807, 2.05) is 44.2 Å². The summed E-state index contributed by atoms with van der Waals surface area (Å²) >= 11 is 6.14. The molecule has 0 bridgehead atoms. The molecule has 0 amide bonds. The minimum absolute atomic E-state index is 0.0927. The lowest BCUT2D eigenvalue weighted by atomic mass is 9.76. The Kier molecular flexibility index (Phi) is 12.5. The third-order valence-corrected chi connectivity index (χ3v) is 8.86. The summed E-state index contributed by atoms with van der Waals surface area (Å²) in [6, 6.07) is 11.1. The molecule has 44 heavy (non-hydrogen) atoms. The van der Waals surface area contributed by atoms with Crippen molar-refractivity contribution in [2.24, 2.45) is 25.8 Å². The lowest BCUT2D eigenvalue weighted by Crippen LogP contribution is -2.29. The minimum Gasteiger partial charge on any atom is -0.344 e. The maximum absolute atomic E-state index is 14.4. The molecule has 1 N–H and O–H groups in total. The molecule has 3 rings (SSSR count). The minimum atomic E-state index is -0.314. The summed E-state index contributed by atoms with van der Waals surface area (Å²) in [5.74, 6) is 0.721. The topological polar surface area (TPSA) is 49.1 Å². The van der Waals surface area contributed by atoms with E-state index in [1.54, 1.807) is 6.92 Å². The Morgan fingerprint density at radius 1 is 1.05 bits per heavy atom. The molecule has 236 valence electrons. The Hall–Kier alpha value is -3.31. The largest absolute Gasteiger partial charge is 0.344 e. The van der Waals surface area contributed by atoms with Gasteiger partial charge in [0.15, 0.2) is 0 Å². The van der Waals surface area contributed by atoms with E-state index >= 15 is 0 Å². The Labute approximate surface area is 270 Å². The van der Waals surface area contributed by atoms with Gasteiger partial charge < -0.3 is 5.32 Å². The number of anilines is 1. The molecule has 2 aromatic rings. The van der Waals surface area contributed by atoms with E-state index in [9.17, 15) is 4.39 Å². The number of aliphatic imine (C=N–C) groups is 3. The number of hydrogen-bond donors (Lipinski definition) is 1. The molecular weight excluding hydrogens is 567 g/mol. The van der Waals surface area contributed by atoms with Gasteiger partial charge in [0.1, 0.15) is 11.7 Å². The summed E-state index contributed by atoms with van der Waals surface area (Å²) in [5, 5.41) is 4.27. The standard InChI is InChI=1S/C38H50ClFN4/c1-26(2)12-10-11-13-36(43-32-16-14-31(39)15-17-32)44-35-23-30(18-20-37(35,6)7)19-21-38(8,25-41-9)29(5)42-34-24-33(40)27(3)22-28(34)4/h14-18,22-24H,1,9-13,19-21,25H2,2-8H3,(H,43,44)/b42-29+. The van der Waals surface area contributed by atoms with Crippen LogP contribution in [-0.2, 0) is 0 Å². The average Bonchev–Trinajstić information content (AvgIpc) is 2.95. The van der Waals surface area contributed by atoms with E-state index in [-0.39, 0.29) is 16.6 Å². The predicted octanol–water partition coefficient (Wildman–Crippen LogP) is 11.6. The number of halogens is 2. The number of unbranched alkanes of at least 4 members (excludes halogenated alkanes) is 1. The van der Waals surface area contributed by atoms with Crippen LogP contribution in [0.3, 0.4) is 0 Å². The number of amidine groups is 1. The number of nitrogens with one attached hydrogen (secondary N) is 1. The van der Waals surface area contributed by atoms with Crippen LogP contribution < -0.4 is 5.32 Å². The van der Waals surface area contributed by atoms with Crippen molar-refractivity contribution in [3.05, 3.63) is 93.9 Å². The zero-order chi connectivity index (χ0) is 32.5. The fraction of sp³-hybridized carbons (Fsp3) is 0.447. The van der Waals surface area contributed by atoms with Crippen LogP contribution in [0.5, 0.6) is 0 Å². The van der Waals surface area contributed by atoms with Crippen LogP contribution in [0.25, 0.3) is 0 Å². The normalized spacial score (nSPS) is 16.6. The van der Waals surface area contributed by atoms with E-state index in [0.29, 0.717) is 22.8 Å². The molecular formula is C38H50ClFN4. The molecule has 0 aromatic heterocycles. The van der Waals surface area contributed by atoms with Crippen LogP contribution in [0, 0.1) is 30.5 Å². The highest BCUT2D eigenvalue weighted by molar-refractivity contribution is 6.30. The summed E-state index contributed by atoms with van der Waals surface area (Å²) < 4.78 is 14.4. The second kappa shape index (κ2) is 15.6. The number of allylic oxidation sites excluding steroid dienone is 5. The van der Waals surface area contributed by atoms with Gasteiger partial charge in [-0.25, -0.2) is 9.38 Å². The van der Waals surface area contributed by atoms with Gasteiger partial charge in [0.25, 0.3) is 0 Å². The van der Waals surface area contributed by atoms with Crippen molar-refractivity contribution >= 4 is 41.2 Å². The van der Waals surface area contributed by atoms with Gasteiger partial charge in [-0.2, -0.15) is 0 Å². The van der Waals surface area contributed by atoms with Crippen molar-refractivity contribution < 1.29 is 4.39 Å². The quantitative estimate of drug-likeness (QED) is 0.0975. The molecule has 0 saturated carbocycles. The second-order valence-electron chi connectivity index (χ2n) is 13.3. The maximum atomic E-state index is 14.4. The van der Waals surface area contributed by atoms with Gasteiger partial charge in [-0.15, -0.1) is 6.58 Å². The van der Waals surface area contributed by atoms with Crippen molar-refractivity contribution in [2.45, 2.75) is 93.4 Å². The molecule has 0 fully saturated rings. The fourth-order valence-electron chi connectivity index (χ4n) is 5.28. The van der Waals surface area contributed by atoms with Gasteiger partial charge in [0.2, 0.25) is 0 Å². The lowest BCUT2D eigenvalue weighted by molar-refractivity contribution is 0.425. The van der Waals surface area contributed by atoms with E-state index in [2.05, 4.69) is 63.5 Å². The molecule has 0 aliphatic heterocycles. The Balaban J connectivity index is 1.86. The maximum Gasteiger partial charge on any atom is 0.128 e. The van der Waals surface area contributed by atoms with Crippen LogP contribution in [-0.4, -0.2) is 24.8 Å². The van der Waals surface area contributed by atoms with Crippen molar-refractivity contribution in [2.75, 3.05) is 11.9 Å². The Morgan fingerprint density at radius 3 is 2.39 bits per heavy atom. The van der Waals surface area contributed by atoms with Crippen molar-refractivity contribution in [1.29, 1.82) is 0 Å². The van der Waals surface area contributed by atoms with E-state index in [4.69, 9.17) is 21.6 Å². The SMILES string of the molecule is C=NCC(C)(CCC1=CCC(C)(C)C(/N=C(/CCCCC(=C)C)Nc2ccc(Cl)cc2)=C1)/C(C)=N/c1cc(F)c(C)cc1C. The lowest BCUT2D eigenvalue weighted by Gasteiger charge is -2.31. The number of nitrogens with zero attached hydrogens (tertiary/aromatic N) is 3. The number of aryl methyl sites for hydroxylation is 2. The van der Waals surface area contributed by atoms with Crippen LogP contribution >= 0.6 is 11.6 Å². The first kappa shape index (κ1) is 35.2. The highest BCUT2D eigenvalue weighted by Crippen LogP contribution is 2.39. The van der Waals surface area contributed by atoms with Gasteiger partial charge in [0.05, 0.1) is 5.69 Å². The summed E-state index contributed by atoms with van der Waals surface area (Å²) in [7, 11) is 0. The molecule has 6 heteroatoms. The molecule has 0 saturated heterocycles. The Bertz CT molecular complexity index is 1460. The van der Waals surface area contributed by atoms with Gasteiger partial charge in [-0.05, 0) is 114 Å². The van der Waals surface area contributed by atoms with Crippen LogP contribution in [0.1, 0.15) is 90.7 Å². The highest BCUT2D eigenvalue weighted by Gasteiger charge is 2.30. The third-order valence-electron chi connectivity index (χ3n) is 8.61. The van der Waals surface area contributed by atoms with Crippen LogP contribution in [0.4, 0.5) is 15.8 Å². The van der Waals surface area contributed by atoms with Crippen molar-refractivity contribution in [3.63, 3.8) is 0 Å². The highest BCUT2D eigenvalue weighted by atomic mass is 35.5. The molecule has 2 aromatic carbocycles. The molecule has 0 heterocycles. The first-order chi connectivity index (χ1) is 20.7. The first-order valence-corrected chi connectivity index (χ1v) is 16.0. The summed E-state index contributed by atoms with van der Waals surface area (Å²) in [6.07, 6.45) is 11.2. The molecule has 0 radical (unpaired) electrons. The van der Waals surface area contributed by atoms with Gasteiger partial charge >= 0.3 is 0 Å². The number of rotatable bonds is 14. The molecule has 0 spiro atoms. The molecule has 1 atom stereocenters. The van der Waals surface area contributed by atoms with Gasteiger partial charge in [-0.3, -0.25) is 9.98 Å². The first-order valence-electron chi connectivity index (χ1n) is 15.6. The Morgan fingerprint density at radius 2 is 1.73 bits per heavy atom. The summed E-state index contributed by atoms with van der Waals surface area (Å²) in [5.41, 5.74) is 7.30. The van der Waals surface area contributed by atoms with Crippen molar-refractivity contribution in [3.8, 4) is 0 Å². The van der Waals surface area contributed by atoms with Crippen molar-refractivity contribution in [1.82, 2.24) is 0 Å². The van der Waals surface area contributed by atoms with E-state index < -0.39 is 0 Å². The molecule has 4 nitrogen and oxygen atoms in total. The molecule has 1 aliphatic rings. The van der Waals surface area contributed by atoms with E-state index in [1.165, 1.54) is 17.2 Å². The zero-order valence-electron chi connectivity index (χ0n) is 27.8. The summed E-state index contributed by atoms with van der Waals surface area (Å²) in [4.78, 5) is 14.4. The monoisotopic (exact) mass is 616 g/mol. The smallest absolute Gasteiger partial charge is 0.128 e. The van der Waals surface area contributed by atoms with E-state index in [0.717, 1.165) is 73.4 Å². The molecule has 1 unspecified atom stereocenters. The predicted molar refractivity (Wildman–Crippen MR) is 191 cm³/mol. The fourth-order valence-corrected chi connectivity index (χ4v) is 5.41. The number of benzene rings is 2. The van der Waals surface area contributed by atoms with Gasteiger partial charge in [-0.1, -0.05) is 55.7 Å².